The molecular formula is C25H28ClFN6. The zero-order valence-corrected chi connectivity index (χ0v) is 19.8. The summed E-state index contributed by atoms with van der Waals surface area (Å²) in [6.45, 7) is 8.31. The van der Waals surface area contributed by atoms with Gasteiger partial charge in [-0.3, -0.25) is 0 Å². The summed E-state index contributed by atoms with van der Waals surface area (Å²) in [6.07, 6.45) is 4.08. The van der Waals surface area contributed by atoms with Crippen LogP contribution in [-0.2, 0) is 0 Å². The van der Waals surface area contributed by atoms with Gasteiger partial charge in [0.25, 0.3) is 0 Å². The second kappa shape index (κ2) is 9.14. The van der Waals surface area contributed by atoms with Gasteiger partial charge in [0.15, 0.2) is 0 Å². The molecule has 3 aromatic rings. The number of piperazine rings is 1. The van der Waals surface area contributed by atoms with E-state index in [0.29, 0.717) is 10.6 Å². The second-order valence-electron chi connectivity index (χ2n) is 8.87. The minimum atomic E-state index is -0.203. The quantitative estimate of drug-likeness (QED) is 0.542. The molecule has 172 valence electrons. The Labute approximate surface area is 199 Å². The van der Waals surface area contributed by atoms with E-state index >= 15 is 0 Å². The fraction of sp³-hybridized carbons (Fsp3) is 0.400. The van der Waals surface area contributed by atoms with Gasteiger partial charge in [0.2, 0.25) is 5.95 Å². The maximum atomic E-state index is 13.9. The Morgan fingerprint density at radius 2 is 1.82 bits per heavy atom. The number of hydrogen-bond acceptors (Lipinski definition) is 6. The van der Waals surface area contributed by atoms with Crippen molar-refractivity contribution in [2.45, 2.75) is 32.7 Å². The largest absolute Gasteiger partial charge is 0.352 e. The third kappa shape index (κ3) is 4.47. The molecule has 0 aliphatic carbocycles. The maximum absolute atomic E-state index is 13.9. The number of anilines is 3. The molecule has 6 nitrogen and oxygen atoms in total. The van der Waals surface area contributed by atoms with Crippen molar-refractivity contribution in [2.75, 3.05) is 47.4 Å². The van der Waals surface area contributed by atoms with Crippen LogP contribution in [0, 0.1) is 12.7 Å². The van der Waals surface area contributed by atoms with E-state index in [0.717, 1.165) is 74.4 Å². The molecule has 0 unspecified atom stereocenters. The topological polar surface area (TPSA) is 48.4 Å². The summed E-state index contributed by atoms with van der Waals surface area (Å²) in [7, 11) is 0. The second-order valence-corrected chi connectivity index (χ2v) is 9.27. The van der Waals surface area contributed by atoms with Gasteiger partial charge < -0.3 is 14.7 Å². The van der Waals surface area contributed by atoms with Crippen LogP contribution in [-0.4, -0.2) is 53.7 Å². The summed E-state index contributed by atoms with van der Waals surface area (Å²) in [5, 5.41) is 0.672. The summed E-state index contributed by atoms with van der Waals surface area (Å²) in [4.78, 5) is 21.1. The Morgan fingerprint density at radius 3 is 2.55 bits per heavy atom. The third-order valence-electron chi connectivity index (χ3n) is 6.50. The highest BCUT2D eigenvalue weighted by molar-refractivity contribution is 6.32. The van der Waals surface area contributed by atoms with Gasteiger partial charge in [0, 0.05) is 56.6 Å². The molecule has 2 fully saturated rings. The Bertz CT molecular complexity index is 1150. The molecule has 0 radical (unpaired) electrons. The molecule has 2 aromatic heterocycles. The molecule has 0 bridgehead atoms. The van der Waals surface area contributed by atoms with Gasteiger partial charge in [-0.2, -0.15) is 4.98 Å². The molecule has 0 saturated carbocycles. The number of aromatic nitrogens is 3. The van der Waals surface area contributed by atoms with Gasteiger partial charge in [0.05, 0.1) is 10.7 Å². The highest BCUT2D eigenvalue weighted by Crippen LogP contribution is 2.31. The third-order valence-corrected chi connectivity index (χ3v) is 6.80. The Morgan fingerprint density at radius 1 is 1.00 bits per heavy atom. The minimum Gasteiger partial charge on any atom is -0.352 e. The number of hydrogen-bond donors (Lipinski definition) is 0. The molecule has 0 spiro atoms. The van der Waals surface area contributed by atoms with E-state index in [-0.39, 0.29) is 11.9 Å². The van der Waals surface area contributed by atoms with Gasteiger partial charge in [-0.25, -0.2) is 14.4 Å². The lowest BCUT2D eigenvalue weighted by Crippen LogP contribution is -2.52. The molecule has 5 rings (SSSR count). The molecule has 0 amide bonds. The van der Waals surface area contributed by atoms with E-state index in [1.165, 1.54) is 6.07 Å². The van der Waals surface area contributed by atoms with Crippen molar-refractivity contribution < 1.29 is 4.39 Å². The van der Waals surface area contributed by atoms with Crippen LogP contribution in [0.5, 0.6) is 0 Å². The number of aryl methyl sites for hydroxylation is 1. The lowest BCUT2D eigenvalue weighted by molar-refractivity contribution is 0.542. The van der Waals surface area contributed by atoms with Crippen LogP contribution < -0.4 is 14.7 Å². The SMILES string of the molecule is Cc1cc(-c2cc(N3CCN(c4ncccc4Cl)C[C@@H]3C)nc(N3CCCC3)n2)ccc1F. The zero-order chi connectivity index (χ0) is 22.9. The van der Waals surface area contributed by atoms with Crippen LogP contribution in [0.15, 0.2) is 42.6 Å². The van der Waals surface area contributed by atoms with E-state index in [1.807, 2.05) is 24.3 Å². The first-order valence-corrected chi connectivity index (χ1v) is 11.9. The van der Waals surface area contributed by atoms with Crippen molar-refractivity contribution in [2.24, 2.45) is 0 Å². The normalized spacial score (nSPS) is 18.8. The average Bonchev–Trinajstić information content (AvgIpc) is 3.36. The van der Waals surface area contributed by atoms with Gasteiger partial charge in [-0.1, -0.05) is 11.6 Å². The Kier molecular flexibility index (Phi) is 6.06. The lowest BCUT2D eigenvalue weighted by Gasteiger charge is -2.41. The van der Waals surface area contributed by atoms with Crippen molar-refractivity contribution in [1.82, 2.24) is 15.0 Å². The molecule has 33 heavy (non-hydrogen) atoms. The van der Waals surface area contributed by atoms with Crippen molar-refractivity contribution in [3.63, 3.8) is 0 Å². The standard InChI is InChI=1S/C25H28ClFN6/c1-17-14-19(7-8-21(17)27)22-15-23(30-25(29-22)31-10-3-4-11-31)33-13-12-32(16-18(33)2)24-20(26)6-5-9-28-24/h5-9,14-15,18H,3-4,10-13,16H2,1-2H3/t18-/m0/s1. The van der Waals surface area contributed by atoms with E-state index < -0.39 is 0 Å². The van der Waals surface area contributed by atoms with Crippen LogP contribution >= 0.6 is 11.6 Å². The molecule has 8 heteroatoms. The van der Waals surface area contributed by atoms with Crippen LogP contribution in [0.4, 0.5) is 22.0 Å². The molecule has 2 aliphatic rings. The van der Waals surface area contributed by atoms with E-state index in [2.05, 4.69) is 26.6 Å². The van der Waals surface area contributed by atoms with Crippen molar-refractivity contribution in [3.8, 4) is 11.3 Å². The van der Waals surface area contributed by atoms with E-state index in [4.69, 9.17) is 21.6 Å². The fourth-order valence-electron chi connectivity index (χ4n) is 4.68. The van der Waals surface area contributed by atoms with Crippen molar-refractivity contribution in [3.05, 3.63) is 59.0 Å². The number of nitrogens with zero attached hydrogens (tertiary/aromatic N) is 6. The number of rotatable bonds is 4. The summed E-state index contributed by atoms with van der Waals surface area (Å²) in [5.41, 5.74) is 2.35. The van der Waals surface area contributed by atoms with Crippen molar-refractivity contribution >= 4 is 29.2 Å². The van der Waals surface area contributed by atoms with Gasteiger partial charge >= 0.3 is 0 Å². The van der Waals surface area contributed by atoms with Crippen molar-refractivity contribution in [1.29, 1.82) is 0 Å². The number of halogens is 2. The fourth-order valence-corrected chi connectivity index (χ4v) is 4.92. The van der Waals surface area contributed by atoms with Crippen LogP contribution in [0.3, 0.4) is 0 Å². The highest BCUT2D eigenvalue weighted by atomic mass is 35.5. The zero-order valence-electron chi connectivity index (χ0n) is 19.0. The van der Waals surface area contributed by atoms with E-state index in [1.54, 1.807) is 19.2 Å². The average molecular weight is 467 g/mol. The molecule has 0 N–H and O–H groups in total. The molecule has 1 aromatic carbocycles. The minimum absolute atomic E-state index is 0.203. The van der Waals surface area contributed by atoms with Gasteiger partial charge in [0.1, 0.15) is 17.5 Å². The summed E-state index contributed by atoms with van der Waals surface area (Å²) in [5.74, 6) is 2.28. The summed E-state index contributed by atoms with van der Waals surface area (Å²) < 4.78 is 13.9. The van der Waals surface area contributed by atoms with Crippen LogP contribution in [0.1, 0.15) is 25.3 Å². The monoisotopic (exact) mass is 466 g/mol. The van der Waals surface area contributed by atoms with Crippen LogP contribution in [0.2, 0.25) is 5.02 Å². The van der Waals surface area contributed by atoms with Crippen LogP contribution in [0.25, 0.3) is 11.3 Å². The Hall–Kier alpha value is -2.93. The predicted molar refractivity (Wildman–Crippen MR) is 132 cm³/mol. The first kappa shape index (κ1) is 21.9. The lowest BCUT2D eigenvalue weighted by atomic mass is 10.1. The molecule has 2 aliphatic heterocycles. The van der Waals surface area contributed by atoms with Gasteiger partial charge in [-0.15, -0.1) is 0 Å². The number of benzene rings is 1. The highest BCUT2D eigenvalue weighted by Gasteiger charge is 2.28. The molecule has 1 atom stereocenters. The maximum Gasteiger partial charge on any atom is 0.227 e. The molecular weight excluding hydrogens is 439 g/mol. The van der Waals surface area contributed by atoms with Gasteiger partial charge in [-0.05, 0) is 62.6 Å². The number of pyridine rings is 1. The summed E-state index contributed by atoms with van der Waals surface area (Å²) in [6, 6.07) is 11.1. The summed E-state index contributed by atoms with van der Waals surface area (Å²) >= 11 is 6.39. The Balaban J connectivity index is 1.47. The smallest absolute Gasteiger partial charge is 0.227 e. The molecule has 2 saturated heterocycles. The van der Waals surface area contributed by atoms with E-state index in [9.17, 15) is 4.39 Å². The predicted octanol–water partition coefficient (Wildman–Crippen LogP) is 4.95. The first-order valence-electron chi connectivity index (χ1n) is 11.5. The first-order chi connectivity index (χ1) is 16.0. The molecule has 4 heterocycles.